The second kappa shape index (κ2) is 5.79. The van der Waals surface area contributed by atoms with Gasteiger partial charge >= 0.3 is 5.97 Å². The summed E-state index contributed by atoms with van der Waals surface area (Å²) in [6.07, 6.45) is 2.49. The molecule has 0 bridgehead atoms. The van der Waals surface area contributed by atoms with Gasteiger partial charge in [-0.15, -0.1) is 0 Å². The molecule has 1 aliphatic heterocycles. The molecule has 1 aliphatic carbocycles. The summed E-state index contributed by atoms with van der Waals surface area (Å²) in [5.41, 5.74) is 1.56. The summed E-state index contributed by atoms with van der Waals surface area (Å²) in [6.45, 7) is 0.204. The molecule has 6 heteroatoms. The van der Waals surface area contributed by atoms with E-state index in [1.165, 1.54) is 4.90 Å². The minimum Gasteiger partial charge on any atom is -0.481 e. The third-order valence-electron chi connectivity index (χ3n) is 4.03. The lowest BCUT2D eigenvalue weighted by Crippen LogP contribution is -2.27. The van der Waals surface area contributed by atoms with Crippen molar-refractivity contribution in [2.75, 3.05) is 11.4 Å². The van der Waals surface area contributed by atoms with E-state index in [-0.39, 0.29) is 24.8 Å². The molecule has 3 rings (SSSR count). The van der Waals surface area contributed by atoms with Gasteiger partial charge in [0.05, 0.1) is 12.3 Å². The molecule has 1 atom stereocenters. The Morgan fingerprint density at radius 1 is 1.23 bits per heavy atom. The molecule has 1 saturated heterocycles. The van der Waals surface area contributed by atoms with Crippen LogP contribution in [0.5, 0.6) is 0 Å². The molecule has 0 aromatic heterocycles. The maximum absolute atomic E-state index is 11.9. The molecule has 116 valence electrons. The molecule has 2 amide bonds. The van der Waals surface area contributed by atoms with Gasteiger partial charge in [-0.25, -0.2) is 0 Å². The van der Waals surface area contributed by atoms with Crippen molar-refractivity contribution >= 4 is 23.5 Å². The molecular formula is C16H18N2O4. The molecule has 22 heavy (non-hydrogen) atoms. The van der Waals surface area contributed by atoms with Crippen molar-refractivity contribution in [3.8, 4) is 0 Å². The SMILES string of the molecule is O=C(Cc1ccc(N2CC(C(=O)O)CC2=O)cc1)NC1CC1. The molecule has 0 spiro atoms. The summed E-state index contributed by atoms with van der Waals surface area (Å²) < 4.78 is 0. The standard InChI is InChI=1S/C16H18N2O4/c19-14(17-12-3-4-12)7-10-1-5-13(6-2-10)18-9-11(16(21)22)8-15(18)20/h1-2,5-6,11-12H,3-4,7-9H2,(H,17,19)(H,21,22). The van der Waals surface area contributed by atoms with E-state index < -0.39 is 11.9 Å². The van der Waals surface area contributed by atoms with Gasteiger partial charge in [-0.05, 0) is 30.5 Å². The van der Waals surface area contributed by atoms with Gasteiger partial charge in [0.2, 0.25) is 11.8 Å². The van der Waals surface area contributed by atoms with Crippen LogP contribution in [0.25, 0.3) is 0 Å². The Bertz CT molecular complexity index is 607. The van der Waals surface area contributed by atoms with Crippen molar-refractivity contribution in [3.05, 3.63) is 29.8 Å². The highest BCUT2D eigenvalue weighted by Crippen LogP contribution is 2.25. The van der Waals surface area contributed by atoms with Crippen LogP contribution in [0.15, 0.2) is 24.3 Å². The van der Waals surface area contributed by atoms with E-state index in [0.29, 0.717) is 18.2 Å². The normalized spacial score (nSPS) is 21.0. The van der Waals surface area contributed by atoms with Gasteiger partial charge in [0, 0.05) is 24.7 Å². The lowest BCUT2D eigenvalue weighted by Gasteiger charge is -2.16. The zero-order valence-corrected chi connectivity index (χ0v) is 12.1. The monoisotopic (exact) mass is 302 g/mol. The van der Waals surface area contributed by atoms with Crippen LogP contribution in [0.2, 0.25) is 0 Å². The number of nitrogens with zero attached hydrogens (tertiary/aromatic N) is 1. The van der Waals surface area contributed by atoms with Crippen LogP contribution in [-0.2, 0) is 20.8 Å². The van der Waals surface area contributed by atoms with Gasteiger partial charge < -0.3 is 15.3 Å². The minimum absolute atomic E-state index is 0.0124. The fraction of sp³-hybridized carbons (Fsp3) is 0.438. The van der Waals surface area contributed by atoms with Crippen LogP contribution in [0.1, 0.15) is 24.8 Å². The molecule has 1 saturated carbocycles. The number of carbonyl (C=O) groups is 3. The fourth-order valence-corrected chi connectivity index (χ4v) is 2.61. The first-order chi connectivity index (χ1) is 10.5. The van der Waals surface area contributed by atoms with Crippen molar-refractivity contribution in [1.82, 2.24) is 5.32 Å². The summed E-state index contributed by atoms with van der Waals surface area (Å²) in [6, 6.07) is 7.50. The number of carboxylic acid groups (broad SMARTS) is 1. The largest absolute Gasteiger partial charge is 0.481 e. The first kappa shape index (κ1) is 14.6. The van der Waals surface area contributed by atoms with E-state index in [2.05, 4.69) is 5.32 Å². The van der Waals surface area contributed by atoms with E-state index in [0.717, 1.165) is 18.4 Å². The molecule has 0 radical (unpaired) electrons. The maximum Gasteiger partial charge on any atom is 0.308 e. The smallest absolute Gasteiger partial charge is 0.308 e. The number of hydrogen-bond acceptors (Lipinski definition) is 3. The number of hydrogen-bond donors (Lipinski definition) is 2. The first-order valence-corrected chi connectivity index (χ1v) is 7.44. The van der Waals surface area contributed by atoms with Crippen molar-refractivity contribution in [2.45, 2.75) is 31.7 Å². The molecule has 1 aromatic carbocycles. The maximum atomic E-state index is 11.9. The Hall–Kier alpha value is -2.37. The molecule has 1 heterocycles. The van der Waals surface area contributed by atoms with Gasteiger partial charge in [-0.1, -0.05) is 12.1 Å². The molecule has 2 fully saturated rings. The predicted octanol–water partition coefficient (Wildman–Crippen LogP) is 0.945. The Morgan fingerprint density at radius 2 is 1.91 bits per heavy atom. The number of amides is 2. The Labute approximate surface area is 128 Å². The average molecular weight is 302 g/mol. The zero-order chi connectivity index (χ0) is 15.7. The number of benzene rings is 1. The lowest BCUT2D eigenvalue weighted by atomic mass is 10.1. The van der Waals surface area contributed by atoms with Crippen LogP contribution < -0.4 is 10.2 Å². The number of aliphatic carboxylic acids is 1. The van der Waals surface area contributed by atoms with Crippen LogP contribution in [0.3, 0.4) is 0 Å². The summed E-state index contributed by atoms with van der Waals surface area (Å²) in [4.78, 5) is 36.1. The highest BCUT2D eigenvalue weighted by molar-refractivity contribution is 5.99. The topological polar surface area (TPSA) is 86.7 Å². The number of nitrogens with one attached hydrogen (secondary N) is 1. The second-order valence-corrected chi connectivity index (χ2v) is 5.93. The quantitative estimate of drug-likeness (QED) is 0.847. The molecule has 2 aliphatic rings. The van der Waals surface area contributed by atoms with Gasteiger partial charge in [0.15, 0.2) is 0 Å². The van der Waals surface area contributed by atoms with E-state index in [1.807, 2.05) is 12.1 Å². The summed E-state index contributed by atoms with van der Waals surface area (Å²) in [5, 5.41) is 11.9. The Balaban J connectivity index is 1.62. The fourth-order valence-electron chi connectivity index (χ4n) is 2.61. The third kappa shape index (κ3) is 3.27. The number of carbonyl (C=O) groups excluding carboxylic acids is 2. The van der Waals surface area contributed by atoms with Crippen molar-refractivity contribution in [2.24, 2.45) is 5.92 Å². The zero-order valence-electron chi connectivity index (χ0n) is 12.1. The summed E-state index contributed by atoms with van der Waals surface area (Å²) >= 11 is 0. The van der Waals surface area contributed by atoms with Crippen LogP contribution in [0, 0.1) is 5.92 Å². The van der Waals surface area contributed by atoms with E-state index in [9.17, 15) is 14.4 Å². The molecule has 1 aromatic rings. The number of rotatable bonds is 5. The first-order valence-electron chi connectivity index (χ1n) is 7.44. The van der Waals surface area contributed by atoms with Crippen molar-refractivity contribution in [1.29, 1.82) is 0 Å². The highest BCUT2D eigenvalue weighted by atomic mass is 16.4. The van der Waals surface area contributed by atoms with Gasteiger partial charge in [-0.2, -0.15) is 0 Å². The molecule has 2 N–H and O–H groups in total. The summed E-state index contributed by atoms with van der Waals surface area (Å²) in [7, 11) is 0. The summed E-state index contributed by atoms with van der Waals surface area (Å²) in [5.74, 6) is -1.74. The van der Waals surface area contributed by atoms with Gasteiger partial charge in [0.1, 0.15) is 0 Å². The van der Waals surface area contributed by atoms with E-state index >= 15 is 0 Å². The Morgan fingerprint density at radius 3 is 2.45 bits per heavy atom. The second-order valence-electron chi connectivity index (χ2n) is 5.93. The van der Waals surface area contributed by atoms with Crippen LogP contribution in [-0.4, -0.2) is 35.5 Å². The molecular weight excluding hydrogens is 284 g/mol. The predicted molar refractivity (Wildman–Crippen MR) is 79.4 cm³/mol. The van der Waals surface area contributed by atoms with Gasteiger partial charge in [-0.3, -0.25) is 14.4 Å². The number of anilines is 1. The van der Waals surface area contributed by atoms with Crippen molar-refractivity contribution in [3.63, 3.8) is 0 Å². The number of carboxylic acids is 1. The van der Waals surface area contributed by atoms with Crippen LogP contribution >= 0.6 is 0 Å². The van der Waals surface area contributed by atoms with Crippen molar-refractivity contribution < 1.29 is 19.5 Å². The average Bonchev–Trinajstić information content (AvgIpc) is 3.19. The van der Waals surface area contributed by atoms with Gasteiger partial charge in [0.25, 0.3) is 0 Å². The third-order valence-corrected chi connectivity index (χ3v) is 4.03. The van der Waals surface area contributed by atoms with E-state index in [4.69, 9.17) is 5.11 Å². The minimum atomic E-state index is -0.941. The van der Waals surface area contributed by atoms with E-state index in [1.54, 1.807) is 12.1 Å². The molecule has 6 nitrogen and oxygen atoms in total. The molecule has 1 unspecified atom stereocenters. The lowest BCUT2D eigenvalue weighted by molar-refractivity contribution is -0.141. The Kier molecular flexibility index (Phi) is 3.83. The highest BCUT2D eigenvalue weighted by Gasteiger charge is 2.35. The van der Waals surface area contributed by atoms with Crippen LogP contribution in [0.4, 0.5) is 5.69 Å².